The molecule has 0 aliphatic heterocycles. The zero-order valence-corrected chi connectivity index (χ0v) is 10.9. The summed E-state index contributed by atoms with van der Waals surface area (Å²) in [5.41, 5.74) is 3.43. The largest absolute Gasteiger partial charge is 0.394 e. The fourth-order valence-electron chi connectivity index (χ4n) is 1.45. The number of benzene rings is 2. The average molecular weight is 278 g/mol. The van der Waals surface area contributed by atoms with Gasteiger partial charge in [-0.3, -0.25) is 9.11 Å². The zero-order chi connectivity index (χ0) is 14.3. The van der Waals surface area contributed by atoms with Gasteiger partial charge in [-0.25, -0.2) is 0 Å². The summed E-state index contributed by atoms with van der Waals surface area (Å²) in [5, 5.41) is 0. The minimum atomic E-state index is -4.67. The molecule has 2 rings (SSSR count). The van der Waals surface area contributed by atoms with Gasteiger partial charge in [0.1, 0.15) is 0 Å². The summed E-state index contributed by atoms with van der Waals surface area (Å²) in [7, 11) is -4.67. The Morgan fingerprint density at radius 2 is 1.05 bits per heavy atom. The van der Waals surface area contributed by atoms with E-state index >= 15 is 0 Å². The van der Waals surface area contributed by atoms with Crippen LogP contribution in [-0.4, -0.2) is 17.5 Å². The SMILES string of the molecule is C=C(c1ccccc1)c1ccccc1.O=S(=O)(O)O. The topological polar surface area (TPSA) is 74.6 Å². The van der Waals surface area contributed by atoms with Crippen LogP contribution < -0.4 is 0 Å². The van der Waals surface area contributed by atoms with Gasteiger partial charge in [0.2, 0.25) is 0 Å². The maximum absolute atomic E-state index is 8.74. The lowest BCUT2D eigenvalue weighted by Crippen LogP contribution is -1.89. The molecule has 0 radical (unpaired) electrons. The highest BCUT2D eigenvalue weighted by atomic mass is 32.3. The minimum Gasteiger partial charge on any atom is -0.264 e. The summed E-state index contributed by atoms with van der Waals surface area (Å²) in [5.74, 6) is 0. The van der Waals surface area contributed by atoms with Crippen molar-refractivity contribution < 1.29 is 17.5 Å². The summed E-state index contributed by atoms with van der Waals surface area (Å²) in [4.78, 5) is 0. The highest BCUT2D eigenvalue weighted by Crippen LogP contribution is 2.20. The van der Waals surface area contributed by atoms with Crippen LogP contribution in [0.4, 0.5) is 0 Å². The molecule has 0 spiro atoms. The summed E-state index contributed by atoms with van der Waals surface area (Å²) < 4.78 is 31.6. The van der Waals surface area contributed by atoms with Crippen LogP contribution in [0, 0.1) is 0 Å². The first kappa shape index (κ1) is 15.1. The van der Waals surface area contributed by atoms with Gasteiger partial charge in [0.15, 0.2) is 0 Å². The molecule has 0 aliphatic carbocycles. The second-order valence-electron chi connectivity index (χ2n) is 3.66. The van der Waals surface area contributed by atoms with Crippen molar-refractivity contribution in [1.29, 1.82) is 0 Å². The summed E-state index contributed by atoms with van der Waals surface area (Å²) in [6.45, 7) is 4.10. The van der Waals surface area contributed by atoms with Crippen molar-refractivity contribution in [3.05, 3.63) is 78.4 Å². The smallest absolute Gasteiger partial charge is 0.264 e. The summed E-state index contributed by atoms with van der Waals surface area (Å²) in [6, 6.07) is 20.5. The van der Waals surface area contributed by atoms with Gasteiger partial charge in [0.05, 0.1) is 0 Å². The molecule has 2 aromatic carbocycles. The van der Waals surface area contributed by atoms with Crippen LogP contribution in [0.25, 0.3) is 5.57 Å². The maximum Gasteiger partial charge on any atom is 0.394 e. The van der Waals surface area contributed by atoms with E-state index in [4.69, 9.17) is 17.5 Å². The van der Waals surface area contributed by atoms with Gasteiger partial charge >= 0.3 is 10.4 Å². The van der Waals surface area contributed by atoms with Crippen LogP contribution in [0.15, 0.2) is 67.2 Å². The molecule has 2 N–H and O–H groups in total. The molecule has 0 fully saturated rings. The monoisotopic (exact) mass is 278 g/mol. The molecule has 0 unspecified atom stereocenters. The van der Waals surface area contributed by atoms with Gasteiger partial charge in [-0.2, -0.15) is 8.42 Å². The quantitative estimate of drug-likeness (QED) is 0.828. The Balaban J connectivity index is 0.000000312. The molecule has 0 atom stereocenters. The Labute approximate surface area is 112 Å². The fourth-order valence-corrected chi connectivity index (χ4v) is 1.45. The Hall–Kier alpha value is -1.95. The predicted molar refractivity (Wildman–Crippen MR) is 75.2 cm³/mol. The van der Waals surface area contributed by atoms with E-state index in [0.29, 0.717) is 0 Å². The molecule has 100 valence electrons. The molecule has 0 amide bonds. The normalized spacial score (nSPS) is 10.2. The first-order valence-electron chi connectivity index (χ1n) is 5.37. The lowest BCUT2D eigenvalue weighted by atomic mass is 10.0. The standard InChI is InChI=1S/C14H12.H2O4S/c1-12(13-8-4-2-5-9-13)14-10-6-3-7-11-14;1-5(2,3)4/h2-11H,1H2;(H2,1,2,3,4). The van der Waals surface area contributed by atoms with Crippen LogP contribution in [-0.2, 0) is 10.4 Å². The van der Waals surface area contributed by atoms with E-state index in [2.05, 4.69) is 30.8 Å². The number of hydrogen-bond donors (Lipinski definition) is 2. The van der Waals surface area contributed by atoms with Crippen molar-refractivity contribution in [2.75, 3.05) is 0 Å². The van der Waals surface area contributed by atoms with Gasteiger partial charge < -0.3 is 0 Å². The van der Waals surface area contributed by atoms with E-state index < -0.39 is 10.4 Å². The molecule has 5 heteroatoms. The molecule has 0 aromatic heterocycles. The minimum absolute atomic E-state index is 1.08. The van der Waals surface area contributed by atoms with Gasteiger partial charge in [-0.15, -0.1) is 0 Å². The third-order valence-electron chi connectivity index (χ3n) is 2.24. The fraction of sp³-hybridized carbons (Fsp3) is 0. The third-order valence-corrected chi connectivity index (χ3v) is 2.24. The lowest BCUT2D eigenvalue weighted by molar-refractivity contribution is 0.381. The third kappa shape index (κ3) is 6.52. The second kappa shape index (κ2) is 6.84. The molecular weight excluding hydrogens is 264 g/mol. The first-order chi connectivity index (χ1) is 8.88. The maximum atomic E-state index is 8.74. The number of rotatable bonds is 2. The van der Waals surface area contributed by atoms with Crippen LogP contribution >= 0.6 is 0 Å². The van der Waals surface area contributed by atoms with Crippen molar-refractivity contribution in [3.63, 3.8) is 0 Å². The van der Waals surface area contributed by atoms with Gasteiger partial charge in [0.25, 0.3) is 0 Å². The Kier molecular flexibility index (Phi) is 5.44. The van der Waals surface area contributed by atoms with Crippen LogP contribution in [0.5, 0.6) is 0 Å². The Morgan fingerprint density at radius 3 is 1.32 bits per heavy atom. The second-order valence-corrected chi connectivity index (χ2v) is 4.55. The van der Waals surface area contributed by atoms with Crippen molar-refractivity contribution in [2.45, 2.75) is 0 Å². The average Bonchev–Trinajstić information content (AvgIpc) is 2.38. The van der Waals surface area contributed by atoms with Gasteiger partial charge in [-0.1, -0.05) is 67.2 Å². The Morgan fingerprint density at radius 1 is 0.789 bits per heavy atom. The van der Waals surface area contributed by atoms with Crippen molar-refractivity contribution in [3.8, 4) is 0 Å². The molecule has 0 saturated carbocycles. The molecule has 0 heterocycles. The molecule has 2 aromatic rings. The highest BCUT2D eigenvalue weighted by molar-refractivity contribution is 7.79. The highest BCUT2D eigenvalue weighted by Gasteiger charge is 1.99. The van der Waals surface area contributed by atoms with Crippen LogP contribution in [0.3, 0.4) is 0 Å². The molecule has 0 bridgehead atoms. The molecule has 4 nitrogen and oxygen atoms in total. The van der Waals surface area contributed by atoms with Gasteiger partial charge in [-0.05, 0) is 16.7 Å². The lowest BCUT2D eigenvalue weighted by Gasteiger charge is -2.04. The molecule has 0 saturated heterocycles. The summed E-state index contributed by atoms with van der Waals surface area (Å²) >= 11 is 0. The van der Waals surface area contributed by atoms with Crippen LogP contribution in [0.1, 0.15) is 11.1 Å². The van der Waals surface area contributed by atoms with E-state index in [-0.39, 0.29) is 0 Å². The van der Waals surface area contributed by atoms with Crippen LogP contribution in [0.2, 0.25) is 0 Å². The first-order valence-corrected chi connectivity index (χ1v) is 6.77. The number of hydrogen-bond acceptors (Lipinski definition) is 2. The van der Waals surface area contributed by atoms with E-state index in [1.807, 2.05) is 36.4 Å². The van der Waals surface area contributed by atoms with Crippen molar-refractivity contribution in [1.82, 2.24) is 0 Å². The molecular formula is C14H14O4S. The Bertz CT molecular complexity index is 570. The predicted octanol–water partition coefficient (Wildman–Crippen LogP) is 3.10. The van der Waals surface area contributed by atoms with E-state index in [0.717, 1.165) is 5.57 Å². The summed E-state index contributed by atoms with van der Waals surface area (Å²) in [6.07, 6.45) is 0. The molecule has 19 heavy (non-hydrogen) atoms. The zero-order valence-electron chi connectivity index (χ0n) is 10.1. The van der Waals surface area contributed by atoms with E-state index in [1.54, 1.807) is 0 Å². The van der Waals surface area contributed by atoms with Crippen molar-refractivity contribution in [2.24, 2.45) is 0 Å². The van der Waals surface area contributed by atoms with Crippen molar-refractivity contribution >= 4 is 16.0 Å². The molecule has 0 aliphatic rings. The van der Waals surface area contributed by atoms with Gasteiger partial charge in [0, 0.05) is 0 Å². The van der Waals surface area contributed by atoms with E-state index in [1.165, 1.54) is 11.1 Å². The van der Waals surface area contributed by atoms with E-state index in [9.17, 15) is 0 Å².